The van der Waals surface area contributed by atoms with E-state index in [1.54, 1.807) is 18.5 Å². The molecule has 0 fully saturated rings. The van der Waals surface area contributed by atoms with Gasteiger partial charge in [-0.25, -0.2) is 8.42 Å². The predicted molar refractivity (Wildman–Crippen MR) is 90.2 cm³/mol. The van der Waals surface area contributed by atoms with Crippen LogP contribution in [-0.2, 0) is 16.6 Å². The van der Waals surface area contributed by atoms with E-state index in [1.165, 1.54) is 15.6 Å². The molecule has 4 nitrogen and oxygen atoms in total. The maximum Gasteiger partial charge on any atom is 0.243 e. The van der Waals surface area contributed by atoms with Crippen LogP contribution >= 0.6 is 11.3 Å². The second kappa shape index (κ2) is 7.22. The van der Waals surface area contributed by atoms with Gasteiger partial charge in [-0.15, -0.1) is 11.3 Å². The summed E-state index contributed by atoms with van der Waals surface area (Å²) >= 11 is 1.50. The summed E-state index contributed by atoms with van der Waals surface area (Å²) in [5.74, 6) is 0. The highest BCUT2D eigenvalue weighted by molar-refractivity contribution is 7.89. The van der Waals surface area contributed by atoms with Crippen LogP contribution in [0.25, 0.3) is 0 Å². The van der Waals surface area contributed by atoms with E-state index in [1.807, 2.05) is 6.92 Å². The van der Waals surface area contributed by atoms with Crippen LogP contribution in [0.15, 0.2) is 16.3 Å². The molecular formula is C15H28N2O2S2. The van der Waals surface area contributed by atoms with Gasteiger partial charge in [0.05, 0.1) is 4.90 Å². The summed E-state index contributed by atoms with van der Waals surface area (Å²) < 4.78 is 26.8. The first-order chi connectivity index (χ1) is 9.60. The fourth-order valence-electron chi connectivity index (χ4n) is 1.90. The lowest BCUT2D eigenvalue weighted by molar-refractivity contribution is 0.216. The number of hydrogen-bond acceptors (Lipinski definition) is 4. The van der Waals surface area contributed by atoms with E-state index in [4.69, 9.17) is 0 Å². The molecule has 0 aliphatic carbocycles. The highest BCUT2D eigenvalue weighted by Crippen LogP contribution is 2.29. The number of rotatable bonds is 7. The molecule has 0 aromatic carbocycles. The molecule has 0 aliphatic heterocycles. The maximum atomic E-state index is 12.7. The lowest BCUT2D eigenvalue weighted by atomic mass is 9.88. The van der Waals surface area contributed by atoms with Gasteiger partial charge in [-0.3, -0.25) is 0 Å². The molecule has 0 aliphatic rings. The largest absolute Gasteiger partial charge is 0.312 e. The van der Waals surface area contributed by atoms with Gasteiger partial charge in [-0.1, -0.05) is 27.7 Å². The number of thiophene rings is 1. The van der Waals surface area contributed by atoms with Gasteiger partial charge >= 0.3 is 0 Å². The Balaban J connectivity index is 2.88. The summed E-state index contributed by atoms with van der Waals surface area (Å²) in [5, 5.41) is 5.03. The number of nitrogens with one attached hydrogen (secondary N) is 1. The molecular weight excluding hydrogens is 304 g/mol. The van der Waals surface area contributed by atoms with E-state index >= 15 is 0 Å². The van der Waals surface area contributed by atoms with E-state index in [0.29, 0.717) is 4.90 Å². The SMILES string of the molecule is CCCNCc1cc(S(=O)(=O)N(C)C(C)C(C)(C)C)cs1. The Morgan fingerprint density at radius 2 is 2.00 bits per heavy atom. The normalized spacial score (nSPS) is 14.6. The molecule has 1 atom stereocenters. The number of sulfonamides is 1. The molecule has 21 heavy (non-hydrogen) atoms. The first kappa shape index (κ1) is 18.6. The molecule has 1 aromatic heterocycles. The topological polar surface area (TPSA) is 49.4 Å². The van der Waals surface area contributed by atoms with Crippen LogP contribution in [0.3, 0.4) is 0 Å². The third-order valence-corrected chi connectivity index (χ3v) is 6.82. The Morgan fingerprint density at radius 1 is 1.38 bits per heavy atom. The molecule has 1 rings (SSSR count). The molecule has 0 saturated carbocycles. The molecule has 122 valence electrons. The van der Waals surface area contributed by atoms with Crippen molar-refractivity contribution in [2.24, 2.45) is 5.41 Å². The molecule has 0 bridgehead atoms. The molecule has 1 heterocycles. The molecule has 1 N–H and O–H groups in total. The Bertz CT molecular complexity index is 544. The third kappa shape index (κ3) is 4.77. The van der Waals surface area contributed by atoms with Crippen molar-refractivity contribution in [3.05, 3.63) is 16.3 Å². The number of nitrogens with zero attached hydrogens (tertiary/aromatic N) is 1. The summed E-state index contributed by atoms with van der Waals surface area (Å²) in [7, 11) is -1.75. The zero-order valence-electron chi connectivity index (χ0n) is 13.9. The summed E-state index contributed by atoms with van der Waals surface area (Å²) in [6, 6.07) is 1.72. The van der Waals surface area contributed by atoms with Crippen LogP contribution in [0.2, 0.25) is 0 Å². The molecule has 6 heteroatoms. The van der Waals surface area contributed by atoms with Crippen molar-refractivity contribution in [3.8, 4) is 0 Å². The minimum absolute atomic E-state index is 0.0657. The van der Waals surface area contributed by atoms with Crippen molar-refractivity contribution in [2.45, 2.75) is 58.5 Å². The van der Waals surface area contributed by atoms with Gasteiger partial charge in [-0.2, -0.15) is 4.31 Å². The summed E-state index contributed by atoms with van der Waals surface area (Å²) in [4.78, 5) is 1.46. The quantitative estimate of drug-likeness (QED) is 0.779. The molecule has 0 spiro atoms. The summed E-state index contributed by atoms with van der Waals surface area (Å²) in [6.07, 6.45) is 1.07. The zero-order chi connectivity index (χ0) is 16.3. The second-order valence-corrected chi connectivity index (χ2v) is 9.48. The van der Waals surface area contributed by atoms with Crippen molar-refractivity contribution < 1.29 is 8.42 Å². The van der Waals surface area contributed by atoms with Crippen LogP contribution < -0.4 is 5.32 Å². The van der Waals surface area contributed by atoms with Gasteiger partial charge in [0.2, 0.25) is 10.0 Å². The lowest BCUT2D eigenvalue weighted by Crippen LogP contribution is -2.42. The monoisotopic (exact) mass is 332 g/mol. The van der Waals surface area contributed by atoms with E-state index in [2.05, 4.69) is 33.0 Å². The van der Waals surface area contributed by atoms with Crippen molar-refractivity contribution in [1.29, 1.82) is 0 Å². The van der Waals surface area contributed by atoms with Gasteiger partial charge in [0, 0.05) is 29.9 Å². The van der Waals surface area contributed by atoms with Crippen molar-refractivity contribution >= 4 is 21.4 Å². The minimum atomic E-state index is -3.42. The Hall–Kier alpha value is -0.430. The van der Waals surface area contributed by atoms with Crippen molar-refractivity contribution in [1.82, 2.24) is 9.62 Å². The highest BCUT2D eigenvalue weighted by atomic mass is 32.2. The average Bonchev–Trinajstić information content (AvgIpc) is 2.85. The van der Waals surface area contributed by atoms with Gasteiger partial charge < -0.3 is 5.32 Å². The van der Waals surface area contributed by atoms with Crippen LogP contribution in [-0.4, -0.2) is 32.4 Å². The predicted octanol–water partition coefficient (Wildman–Crippen LogP) is 3.30. The third-order valence-electron chi connectivity index (χ3n) is 3.83. The average molecular weight is 333 g/mol. The van der Waals surface area contributed by atoms with Crippen LogP contribution in [0.4, 0.5) is 0 Å². The van der Waals surface area contributed by atoms with E-state index in [0.717, 1.165) is 24.4 Å². The molecule has 0 radical (unpaired) electrons. The van der Waals surface area contributed by atoms with Gasteiger partial charge in [0.1, 0.15) is 0 Å². The Labute approximate surface area is 133 Å². The second-order valence-electron chi connectivity index (χ2n) is 6.49. The first-order valence-corrected chi connectivity index (χ1v) is 9.68. The minimum Gasteiger partial charge on any atom is -0.312 e. The van der Waals surface area contributed by atoms with Crippen LogP contribution in [0, 0.1) is 5.41 Å². The lowest BCUT2D eigenvalue weighted by Gasteiger charge is -2.34. The first-order valence-electron chi connectivity index (χ1n) is 7.37. The summed E-state index contributed by atoms with van der Waals surface area (Å²) in [6.45, 7) is 11.9. The standard InChI is InChI=1S/C15H28N2O2S2/c1-7-8-16-10-13-9-14(11-20-13)21(18,19)17(6)12(2)15(3,4)5/h9,11-12,16H,7-8,10H2,1-6H3. The molecule has 0 saturated heterocycles. The van der Waals surface area contributed by atoms with Crippen molar-refractivity contribution in [3.63, 3.8) is 0 Å². The van der Waals surface area contributed by atoms with Crippen LogP contribution in [0.1, 0.15) is 45.9 Å². The van der Waals surface area contributed by atoms with Crippen molar-refractivity contribution in [2.75, 3.05) is 13.6 Å². The zero-order valence-corrected chi connectivity index (χ0v) is 15.6. The molecule has 1 unspecified atom stereocenters. The highest BCUT2D eigenvalue weighted by Gasteiger charge is 2.32. The fraction of sp³-hybridized carbons (Fsp3) is 0.733. The molecule has 1 aromatic rings. The number of hydrogen-bond donors (Lipinski definition) is 1. The fourth-order valence-corrected chi connectivity index (χ4v) is 4.67. The van der Waals surface area contributed by atoms with Gasteiger partial charge in [0.15, 0.2) is 0 Å². The Kier molecular flexibility index (Phi) is 6.40. The maximum absolute atomic E-state index is 12.7. The van der Waals surface area contributed by atoms with Gasteiger partial charge in [-0.05, 0) is 31.4 Å². The van der Waals surface area contributed by atoms with E-state index < -0.39 is 10.0 Å². The van der Waals surface area contributed by atoms with Gasteiger partial charge in [0.25, 0.3) is 0 Å². The summed E-state index contributed by atoms with van der Waals surface area (Å²) in [5.41, 5.74) is -0.0939. The Morgan fingerprint density at radius 3 is 2.52 bits per heavy atom. The molecule has 0 amide bonds. The van der Waals surface area contributed by atoms with E-state index in [9.17, 15) is 8.42 Å². The van der Waals surface area contributed by atoms with E-state index in [-0.39, 0.29) is 11.5 Å². The smallest absolute Gasteiger partial charge is 0.243 e. The van der Waals surface area contributed by atoms with Crippen LogP contribution in [0.5, 0.6) is 0 Å².